The van der Waals surface area contributed by atoms with E-state index in [0.717, 1.165) is 18.4 Å². The number of aliphatic hydroxyl groups is 1. The van der Waals surface area contributed by atoms with Crippen molar-refractivity contribution in [1.29, 1.82) is 0 Å². The summed E-state index contributed by atoms with van der Waals surface area (Å²) in [7, 11) is 0. The Balaban J connectivity index is 1.92. The summed E-state index contributed by atoms with van der Waals surface area (Å²) in [5.74, 6) is 0.852. The van der Waals surface area contributed by atoms with Crippen molar-refractivity contribution in [3.05, 3.63) is 0 Å². The third-order valence-corrected chi connectivity index (χ3v) is 4.28. The highest BCUT2D eigenvalue weighted by molar-refractivity contribution is 4.81. The van der Waals surface area contributed by atoms with Gasteiger partial charge in [-0.2, -0.15) is 0 Å². The van der Waals surface area contributed by atoms with Crippen LogP contribution in [0.2, 0.25) is 0 Å². The van der Waals surface area contributed by atoms with Gasteiger partial charge in [-0.3, -0.25) is 0 Å². The maximum atomic E-state index is 8.68. The van der Waals surface area contributed by atoms with E-state index in [1.165, 1.54) is 51.4 Å². The maximum Gasteiger partial charge on any atom is 0.0431 e. The number of hydrogen-bond acceptors (Lipinski definition) is 2. The quantitative estimate of drug-likeness (QED) is 0.638. The number of hydrogen-bond donors (Lipinski definition) is 2. The summed E-state index contributed by atoms with van der Waals surface area (Å²) in [5, 5.41) is 12.4. The molecule has 0 aromatic rings. The Morgan fingerprint density at radius 1 is 0.941 bits per heavy atom. The Bertz CT molecular complexity index is 184. The zero-order chi connectivity index (χ0) is 12.5. The first kappa shape index (κ1) is 15.0. The van der Waals surface area contributed by atoms with E-state index in [9.17, 15) is 0 Å². The molecule has 0 aromatic heterocycles. The molecule has 0 spiro atoms. The Labute approximate surface area is 107 Å². The fourth-order valence-corrected chi connectivity index (χ4v) is 2.77. The van der Waals surface area contributed by atoms with Crippen LogP contribution in [0.15, 0.2) is 0 Å². The van der Waals surface area contributed by atoms with Crippen LogP contribution in [0.25, 0.3) is 0 Å². The SMILES string of the molecule is CC1CC[C@@H](CCCCCCCCO)NC1C. The van der Waals surface area contributed by atoms with E-state index in [1.54, 1.807) is 0 Å². The van der Waals surface area contributed by atoms with E-state index in [0.29, 0.717) is 12.6 Å². The molecule has 17 heavy (non-hydrogen) atoms. The molecular weight excluding hydrogens is 210 g/mol. The summed E-state index contributed by atoms with van der Waals surface area (Å²) in [6.07, 6.45) is 11.7. The molecule has 2 heteroatoms. The molecule has 0 radical (unpaired) electrons. The molecule has 1 fully saturated rings. The molecule has 2 nitrogen and oxygen atoms in total. The average Bonchev–Trinajstić information content (AvgIpc) is 2.32. The third kappa shape index (κ3) is 6.42. The van der Waals surface area contributed by atoms with Crippen LogP contribution in [0.5, 0.6) is 0 Å². The normalized spacial score (nSPS) is 29.5. The second-order valence-corrected chi connectivity index (χ2v) is 5.84. The highest BCUT2D eigenvalue weighted by Gasteiger charge is 2.22. The van der Waals surface area contributed by atoms with E-state index >= 15 is 0 Å². The van der Waals surface area contributed by atoms with E-state index < -0.39 is 0 Å². The van der Waals surface area contributed by atoms with Crippen molar-refractivity contribution in [3.8, 4) is 0 Å². The average molecular weight is 241 g/mol. The molecule has 0 aliphatic carbocycles. The fourth-order valence-electron chi connectivity index (χ4n) is 2.77. The summed E-state index contributed by atoms with van der Waals surface area (Å²) in [4.78, 5) is 0. The van der Waals surface area contributed by atoms with Gasteiger partial charge in [-0.1, -0.05) is 39.0 Å². The lowest BCUT2D eigenvalue weighted by Crippen LogP contribution is -2.44. The highest BCUT2D eigenvalue weighted by Crippen LogP contribution is 2.22. The molecule has 0 aromatic carbocycles. The van der Waals surface area contributed by atoms with Crippen molar-refractivity contribution in [1.82, 2.24) is 5.32 Å². The minimum atomic E-state index is 0.363. The topological polar surface area (TPSA) is 32.3 Å². The molecule has 1 aliphatic rings. The van der Waals surface area contributed by atoms with E-state index in [-0.39, 0.29) is 0 Å². The minimum absolute atomic E-state index is 0.363. The maximum absolute atomic E-state index is 8.68. The Morgan fingerprint density at radius 2 is 1.59 bits per heavy atom. The molecule has 3 atom stereocenters. The summed E-state index contributed by atoms with van der Waals surface area (Å²) in [5.41, 5.74) is 0. The first-order valence-corrected chi connectivity index (χ1v) is 7.61. The van der Waals surface area contributed by atoms with Gasteiger partial charge in [-0.05, 0) is 38.5 Å². The second-order valence-electron chi connectivity index (χ2n) is 5.84. The molecular formula is C15H31NO. The number of piperidine rings is 1. The zero-order valence-electron chi connectivity index (χ0n) is 11.8. The van der Waals surface area contributed by atoms with Crippen molar-refractivity contribution < 1.29 is 5.11 Å². The summed E-state index contributed by atoms with van der Waals surface area (Å²) in [6, 6.07) is 1.48. The van der Waals surface area contributed by atoms with Gasteiger partial charge < -0.3 is 10.4 Å². The molecule has 0 saturated carbocycles. The fraction of sp³-hybridized carbons (Fsp3) is 1.00. The van der Waals surface area contributed by atoms with Crippen LogP contribution < -0.4 is 5.32 Å². The predicted molar refractivity (Wildman–Crippen MR) is 74.2 cm³/mol. The van der Waals surface area contributed by atoms with Gasteiger partial charge in [0, 0.05) is 18.7 Å². The summed E-state index contributed by atoms with van der Waals surface area (Å²) < 4.78 is 0. The first-order chi connectivity index (χ1) is 8.24. The van der Waals surface area contributed by atoms with Crippen LogP contribution in [0.1, 0.15) is 71.6 Å². The molecule has 1 heterocycles. The van der Waals surface area contributed by atoms with Gasteiger partial charge in [-0.15, -0.1) is 0 Å². The van der Waals surface area contributed by atoms with Crippen LogP contribution >= 0.6 is 0 Å². The van der Waals surface area contributed by atoms with Crippen LogP contribution in [0.4, 0.5) is 0 Å². The van der Waals surface area contributed by atoms with Crippen molar-refractivity contribution in [2.24, 2.45) is 5.92 Å². The zero-order valence-corrected chi connectivity index (χ0v) is 11.8. The molecule has 102 valence electrons. The van der Waals surface area contributed by atoms with Gasteiger partial charge >= 0.3 is 0 Å². The number of unbranched alkanes of at least 4 members (excludes halogenated alkanes) is 5. The van der Waals surface area contributed by atoms with Crippen molar-refractivity contribution in [3.63, 3.8) is 0 Å². The lowest BCUT2D eigenvalue weighted by atomic mass is 9.88. The number of rotatable bonds is 8. The van der Waals surface area contributed by atoms with Gasteiger partial charge in [-0.25, -0.2) is 0 Å². The summed E-state index contributed by atoms with van der Waals surface area (Å²) in [6.45, 7) is 5.04. The van der Waals surface area contributed by atoms with Gasteiger partial charge in [0.2, 0.25) is 0 Å². The smallest absolute Gasteiger partial charge is 0.0431 e. The van der Waals surface area contributed by atoms with Gasteiger partial charge in [0.25, 0.3) is 0 Å². The van der Waals surface area contributed by atoms with Crippen molar-refractivity contribution in [2.75, 3.05) is 6.61 Å². The van der Waals surface area contributed by atoms with Gasteiger partial charge in [0.15, 0.2) is 0 Å². The number of aliphatic hydroxyl groups excluding tert-OH is 1. The van der Waals surface area contributed by atoms with E-state index in [2.05, 4.69) is 19.2 Å². The van der Waals surface area contributed by atoms with Crippen LogP contribution in [-0.4, -0.2) is 23.8 Å². The van der Waals surface area contributed by atoms with Crippen molar-refractivity contribution >= 4 is 0 Å². The second kappa shape index (κ2) is 8.93. The van der Waals surface area contributed by atoms with Crippen LogP contribution in [-0.2, 0) is 0 Å². The van der Waals surface area contributed by atoms with Gasteiger partial charge in [0.1, 0.15) is 0 Å². The van der Waals surface area contributed by atoms with E-state index in [1.807, 2.05) is 0 Å². The monoisotopic (exact) mass is 241 g/mol. The molecule has 2 N–H and O–H groups in total. The standard InChI is InChI=1S/C15H31NO/c1-13-10-11-15(16-14(13)2)9-7-5-3-4-6-8-12-17/h13-17H,3-12H2,1-2H3/t13?,14?,15-/m1/s1. The van der Waals surface area contributed by atoms with Gasteiger partial charge in [0.05, 0.1) is 0 Å². The molecule has 1 aliphatic heterocycles. The lowest BCUT2D eigenvalue weighted by Gasteiger charge is -2.33. The van der Waals surface area contributed by atoms with Crippen LogP contribution in [0.3, 0.4) is 0 Å². The Morgan fingerprint density at radius 3 is 2.24 bits per heavy atom. The third-order valence-electron chi connectivity index (χ3n) is 4.28. The predicted octanol–water partition coefficient (Wildman–Crippen LogP) is 3.49. The Hall–Kier alpha value is -0.0800. The molecule has 1 rings (SSSR count). The molecule has 0 amide bonds. The molecule has 0 bridgehead atoms. The van der Waals surface area contributed by atoms with Crippen molar-refractivity contribution in [2.45, 2.75) is 83.7 Å². The minimum Gasteiger partial charge on any atom is -0.396 e. The highest BCUT2D eigenvalue weighted by atomic mass is 16.2. The molecule has 2 unspecified atom stereocenters. The lowest BCUT2D eigenvalue weighted by molar-refractivity contribution is 0.246. The van der Waals surface area contributed by atoms with Crippen LogP contribution in [0, 0.1) is 5.92 Å². The summed E-state index contributed by atoms with van der Waals surface area (Å²) >= 11 is 0. The first-order valence-electron chi connectivity index (χ1n) is 7.61. The Kier molecular flexibility index (Phi) is 7.87. The van der Waals surface area contributed by atoms with E-state index in [4.69, 9.17) is 5.11 Å². The number of nitrogens with one attached hydrogen (secondary N) is 1. The largest absolute Gasteiger partial charge is 0.396 e. The molecule has 1 saturated heterocycles.